The summed E-state index contributed by atoms with van der Waals surface area (Å²) >= 11 is 0. The van der Waals surface area contributed by atoms with E-state index in [1.165, 1.54) is 66.1 Å². The standard InChI is InChI=1S/C47H34N2/c1-2-45-48-43-23-13-14-24-44(43)49(45)36-28-25-34(26-29-36)46-39-21-11-12-22-40(39)47(33-17-7-4-8-18-33)42-31-35(27-30-41(42)46)38-20-10-9-19-37(38)32-15-5-3-6-16-32/h3-31H,2H2,1H3. The van der Waals surface area contributed by atoms with E-state index in [0.29, 0.717) is 0 Å². The Bertz CT molecular complexity index is 2610. The molecule has 2 heteroatoms. The maximum absolute atomic E-state index is 4.93. The van der Waals surface area contributed by atoms with Crippen molar-refractivity contribution in [2.75, 3.05) is 0 Å². The van der Waals surface area contributed by atoms with Crippen molar-refractivity contribution in [2.45, 2.75) is 13.3 Å². The molecular formula is C47H34N2. The van der Waals surface area contributed by atoms with Crippen molar-refractivity contribution in [2.24, 2.45) is 0 Å². The zero-order valence-electron chi connectivity index (χ0n) is 27.3. The van der Waals surface area contributed by atoms with Gasteiger partial charge < -0.3 is 0 Å². The molecule has 0 atom stereocenters. The molecule has 0 amide bonds. The summed E-state index contributed by atoms with van der Waals surface area (Å²) < 4.78 is 2.30. The van der Waals surface area contributed by atoms with Crippen molar-refractivity contribution in [3.63, 3.8) is 0 Å². The van der Waals surface area contributed by atoms with Gasteiger partial charge in [-0.05, 0) is 96.4 Å². The van der Waals surface area contributed by atoms with Gasteiger partial charge in [-0.2, -0.15) is 0 Å². The monoisotopic (exact) mass is 626 g/mol. The Balaban J connectivity index is 1.29. The maximum atomic E-state index is 4.93. The molecule has 1 aromatic heterocycles. The minimum Gasteiger partial charge on any atom is -0.296 e. The van der Waals surface area contributed by atoms with Gasteiger partial charge in [-0.15, -0.1) is 0 Å². The van der Waals surface area contributed by atoms with E-state index in [1.807, 2.05) is 0 Å². The topological polar surface area (TPSA) is 17.8 Å². The Morgan fingerprint density at radius 2 is 0.939 bits per heavy atom. The van der Waals surface area contributed by atoms with Gasteiger partial charge in [0.15, 0.2) is 0 Å². The Hall–Kier alpha value is -6.25. The van der Waals surface area contributed by atoms with Gasteiger partial charge in [-0.1, -0.05) is 153 Å². The summed E-state index contributed by atoms with van der Waals surface area (Å²) in [6.45, 7) is 2.17. The lowest BCUT2D eigenvalue weighted by Gasteiger charge is -2.19. The van der Waals surface area contributed by atoms with Crippen molar-refractivity contribution >= 4 is 32.6 Å². The van der Waals surface area contributed by atoms with Crippen molar-refractivity contribution in [3.05, 3.63) is 182 Å². The Labute approximate surface area is 286 Å². The Morgan fingerprint density at radius 1 is 0.429 bits per heavy atom. The molecule has 0 N–H and O–H groups in total. The van der Waals surface area contributed by atoms with E-state index < -0.39 is 0 Å². The number of aryl methyl sites for hydroxylation is 1. The van der Waals surface area contributed by atoms with Crippen LogP contribution in [-0.4, -0.2) is 9.55 Å². The number of benzene rings is 8. The van der Waals surface area contributed by atoms with Crippen molar-refractivity contribution < 1.29 is 0 Å². The van der Waals surface area contributed by atoms with Gasteiger partial charge in [0, 0.05) is 12.1 Å². The zero-order chi connectivity index (χ0) is 32.7. The number of nitrogens with zero attached hydrogens (tertiary/aromatic N) is 2. The smallest absolute Gasteiger partial charge is 0.114 e. The van der Waals surface area contributed by atoms with Gasteiger partial charge in [-0.3, -0.25) is 4.57 Å². The minimum absolute atomic E-state index is 0.863. The van der Waals surface area contributed by atoms with Gasteiger partial charge in [0.1, 0.15) is 5.82 Å². The fourth-order valence-corrected chi connectivity index (χ4v) is 7.56. The number of fused-ring (bicyclic) bond motifs is 3. The van der Waals surface area contributed by atoms with E-state index in [2.05, 4.69) is 187 Å². The third-order valence-corrected chi connectivity index (χ3v) is 9.77. The molecule has 0 fully saturated rings. The number of hydrogen-bond donors (Lipinski definition) is 0. The normalized spacial score (nSPS) is 11.4. The molecule has 49 heavy (non-hydrogen) atoms. The first-order valence-electron chi connectivity index (χ1n) is 17.0. The van der Waals surface area contributed by atoms with E-state index in [9.17, 15) is 0 Å². The average molecular weight is 627 g/mol. The molecule has 0 aliphatic carbocycles. The van der Waals surface area contributed by atoms with Crippen LogP contribution in [0.5, 0.6) is 0 Å². The zero-order valence-corrected chi connectivity index (χ0v) is 27.3. The van der Waals surface area contributed by atoms with E-state index >= 15 is 0 Å². The molecule has 0 saturated carbocycles. The van der Waals surface area contributed by atoms with Gasteiger partial charge in [-0.25, -0.2) is 4.98 Å². The molecule has 0 bridgehead atoms. The highest BCUT2D eigenvalue weighted by Crippen LogP contribution is 2.45. The summed E-state index contributed by atoms with van der Waals surface area (Å²) in [5.74, 6) is 1.07. The lowest BCUT2D eigenvalue weighted by molar-refractivity contribution is 0.908. The molecule has 9 rings (SSSR count). The number of para-hydroxylation sites is 2. The highest BCUT2D eigenvalue weighted by molar-refractivity contribution is 6.22. The van der Waals surface area contributed by atoms with Crippen LogP contribution in [0.2, 0.25) is 0 Å². The molecule has 0 aliphatic rings. The fourth-order valence-electron chi connectivity index (χ4n) is 7.56. The van der Waals surface area contributed by atoms with Crippen LogP contribution in [-0.2, 0) is 6.42 Å². The summed E-state index contributed by atoms with van der Waals surface area (Å²) in [5.41, 5.74) is 13.1. The molecule has 0 unspecified atom stereocenters. The number of imidazole rings is 1. The lowest BCUT2D eigenvalue weighted by Crippen LogP contribution is -2.00. The molecule has 0 saturated heterocycles. The average Bonchev–Trinajstić information content (AvgIpc) is 3.56. The first kappa shape index (κ1) is 28.9. The summed E-state index contributed by atoms with van der Waals surface area (Å²) in [4.78, 5) is 4.93. The minimum atomic E-state index is 0.863. The third-order valence-electron chi connectivity index (χ3n) is 9.77. The van der Waals surface area contributed by atoms with E-state index in [0.717, 1.165) is 29.0 Å². The molecule has 0 radical (unpaired) electrons. The van der Waals surface area contributed by atoms with Crippen LogP contribution in [0.3, 0.4) is 0 Å². The van der Waals surface area contributed by atoms with Crippen molar-refractivity contribution in [3.8, 4) is 50.2 Å². The highest BCUT2D eigenvalue weighted by Gasteiger charge is 2.19. The summed E-state index contributed by atoms with van der Waals surface area (Å²) in [5, 5.41) is 5.00. The first-order chi connectivity index (χ1) is 24.3. The molecule has 2 nitrogen and oxygen atoms in total. The van der Waals surface area contributed by atoms with E-state index in [-0.39, 0.29) is 0 Å². The Morgan fingerprint density at radius 3 is 1.63 bits per heavy atom. The molecule has 9 aromatic rings. The highest BCUT2D eigenvalue weighted by atomic mass is 15.1. The van der Waals surface area contributed by atoms with Gasteiger partial charge in [0.25, 0.3) is 0 Å². The number of rotatable bonds is 6. The van der Waals surface area contributed by atoms with Crippen LogP contribution in [0, 0.1) is 0 Å². The van der Waals surface area contributed by atoms with Crippen LogP contribution < -0.4 is 0 Å². The van der Waals surface area contributed by atoms with E-state index in [4.69, 9.17) is 4.98 Å². The van der Waals surface area contributed by atoms with E-state index in [1.54, 1.807) is 0 Å². The number of hydrogen-bond acceptors (Lipinski definition) is 1. The van der Waals surface area contributed by atoms with Gasteiger partial charge in [0.2, 0.25) is 0 Å². The predicted octanol–water partition coefficient (Wildman–Crippen LogP) is 12.6. The quantitative estimate of drug-likeness (QED) is 0.168. The largest absolute Gasteiger partial charge is 0.296 e. The molecule has 8 aromatic carbocycles. The number of aromatic nitrogens is 2. The van der Waals surface area contributed by atoms with Crippen LogP contribution in [0.1, 0.15) is 12.7 Å². The summed E-state index contributed by atoms with van der Waals surface area (Å²) in [6, 6.07) is 63.7. The molecule has 0 spiro atoms. The second kappa shape index (κ2) is 12.1. The first-order valence-corrected chi connectivity index (χ1v) is 17.0. The Kier molecular flexibility index (Phi) is 7.13. The molecule has 232 valence electrons. The summed E-state index contributed by atoms with van der Waals surface area (Å²) in [6.07, 6.45) is 0.863. The molecular weight excluding hydrogens is 593 g/mol. The van der Waals surface area contributed by atoms with Gasteiger partial charge in [0.05, 0.1) is 11.0 Å². The van der Waals surface area contributed by atoms with Gasteiger partial charge >= 0.3 is 0 Å². The van der Waals surface area contributed by atoms with Crippen LogP contribution in [0.4, 0.5) is 0 Å². The second-order valence-corrected chi connectivity index (χ2v) is 12.6. The van der Waals surface area contributed by atoms with Crippen molar-refractivity contribution in [1.82, 2.24) is 9.55 Å². The molecule has 1 heterocycles. The van der Waals surface area contributed by atoms with Crippen LogP contribution >= 0.6 is 0 Å². The van der Waals surface area contributed by atoms with Crippen LogP contribution in [0.15, 0.2) is 176 Å². The lowest BCUT2D eigenvalue weighted by atomic mass is 9.84. The fraction of sp³-hybridized carbons (Fsp3) is 0.0426. The second-order valence-electron chi connectivity index (χ2n) is 12.6. The molecule has 0 aliphatic heterocycles. The third kappa shape index (κ3) is 4.92. The van der Waals surface area contributed by atoms with Crippen LogP contribution in [0.25, 0.3) is 82.8 Å². The van der Waals surface area contributed by atoms with Crippen molar-refractivity contribution in [1.29, 1.82) is 0 Å². The SMILES string of the molecule is CCc1nc2ccccc2n1-c1ccc(-c2c3ccccc3c(-c3ccccc3)c3cc(-c4ccccc4-c4ccccc4)ccc23)cc1. The maximum Gasteiger partial charge on any atom is 0.114 e. The predicted molar refractivity (Wildman–Crippen MR) is 207 cm³/mol. The summed E-state index contributed by atoms with van der Waals surface area (Å²) in [7, 11) is 0.